The lowest BCUT2D eigenvalue weighted by atomic mass is 10.3. The molecule has 2 heterocycles. The van der Waals surface area contributed by atoms with Crippen LogP contribution in [0.2, 0.25) is 5.02 Å². The Balaban J connectivity index is 0.00000242. The van der Waals surface area contributed by atoms with Crippen molar-refractivity contribution in [3.8, 4) is 0 Å². The topological polar surface area (TPSA) is 74.9 Å². The molecule has 0 unspecified atom stereocenters. The van der Waals surface area contributed by atoms with Crippen molar-refractivity contribution < 1.29 is 9.90 Å². The van der Waals surface area contributed by atoms with E-state index in [1.165, 1.54) is 16.7 Å². The lowest BCUT2D eigenvalue weighted by Crippen LogP contribution is -2.31. The third-order valence-electron chi connectivity index (χ3n) is 2.96. The SMILES string of the molecule is CCCN(CC(=O)O)Cc1cc(=O)n2cc(Cl)ccc2n1.Cl. The zero-order valence-corrected chi connectivity index (χ0v) is 13.6. The van der Waals surface area contributed by atoms with Crippen LogP contribution in [0.1, 0.15) is 19.0 Å². The van der Waals surface area contributed by atoms with Crippen molar-refractivity contribution in [1.82, 2.24) is 14.3 Å². The average Bonchev–Trinajstić information content (AvgIpc) is 2.39. The van der Waals surface area contributed by atoms with Gasteiger partial charge in [-0.1, -0.05) is 18.5 Å². The van der Waals surface area contributed by atoms with Crippen LogP contribution in [-0.2, 0) is 11.3 Å². The molecule has 0 saturated carbocycles. The normalized spacial score (nSPS) is 10.7. The molecule has 0 radical (unpaired) electrons. The number of halogens is 2. The summed E-state index contributed by atoms with van der Waals surface area (Å²) >= 11 is 5.85. The van der Waals surface area contributed by atoms with Crippen molar-refractivity contribution >= 4 is 35.6 Å². The fourth-order valence-corrected chi connectivity index (χ4v) is 2.32. The number of pyridine rings is 1. The van der Waals surface area contributed by atoms with Crippen LogP contribution >= 0.6 is 24.0 Å². The van der Waals surface area contributed by atoms with E-state index in [2.05, 4.69) is 4.98 Å². The first kappa shape index (κ1) is 18.4. The van der Waals surface area contributed by atoms with Gasteiger partial charge in [-0.15, -0.1) is 12.4 Å². The molecule has 0 aliphatic carbocycles. The second-order valence-electron chi connectivity index (χ2n) is 4.77. The Labute approximate surface area is 138 Å². The molecular weight excluding hydrogens is 329 g/mol. The van der Waals surface area contributed by atoms with Gasteiger partial charge in [-0.3, -0.25) is 18.9 Å². The van der Waals surface area contributed by atoms with Gasteiger partial charge in [0.25, 0.3) is 5.56 Å². The third-order valence-corrected chi connectivity index (χ3v) is 3.18. The second kappa shape index (κ2) is 8.12. The molecule has 0 spiro atoms. The predicted octanol–water partition coefficient (Wildman–Crippen LogP) is 2.07. The Hall–Kier alpha value is -1.63. The van der Waals surface area contributed by atoms with Gasteiger partial charge in [-0.2, -0.15) is 0 Å². The van der Waals surface area contributed by atoms with E-state index < -0.39 is 5.97 Å². The maximum absolute atomic E-state index is 12.0. The van der Waals surface area contributed by atoms with Crippen LogP contribution in [0.3, 0.4) is 0 Å². The molecule has 0 bridgehead atoms. The molecule has 2 rings (SSSR count). The molecule has 0 atom stereocenters. The molecule has 22 heavy (non-hydrogen) atoms. The number of fused-ring (bicyclic) bond motifs is 1. The van der Waals surface area contributed by atoms with E-state index in [4.69, 9.17) is 16.7 Å². The molecular formula is C14H17Cl2N3O3. The predicted molar refractivity (Wildman–Crippen MR) is 86.9 cm³/mol. The Bertz CT molecular complexity index is 718. The van der Waals surface area contributed by atoms with Gasteiger partial charge in [-0.05, 0) is 25.1 Å². The lowest BCUT2D eigenvalue weighted by Gasteiger charge is -2.18. The third kappa shape index (κ3) is 4.69. The zero-order valence-electron chi connectivity index (χ0n) is 12.0. The summed E-state index contributed by atoms with van der Waals surface area (Å²) in [5.41, 5.74) is 0.815. The van der Waals surface area contributed by atoms with Crippen LogP contribution in [-0.4, -0.2) is 38.4 Å². The first-order valence-electron chi connectivity index (χ1n) is 6.61. The number of hydrogen-bond acceptors (Lipinski definition) is 4. The second-order valence-corrected chi connectivity index (χ2v) is 5.20. The Kier molecular flexibility index (Phi) is 6.80. The van der Waals surface area contributed by atoms with Gasteiger partial charge in [0.15, 0.2) is 0 Å². The smallest absolute Gasteiger partial charge is 0.317 e. The van der Waals surface area contributed by atoms with E-state index >= 15 is 0 Å². The van der Waals surface area contributed by atoms with E-state index in [0.717, 1.165) is 6.42 Å². The number of rotatable bonds is 6. The van der Waals surface area contributed by atoms with Crippen molar-refractivity contribution in [3.63, 3.8) is 0 Å². The number of carbonyl (C=O) groups is 1. The van der Waals surface area contributed by atoms with Crippen molar-refractivity contribution in [2.24, 2.45) is 0 Å². The van der Waals surface area contributed by atoms with Crippen LogP contribution in [0.25, 0.3) is 5.65 Å². The van der Waals surface area contributed by atoms with Crippen molar-refractivity contribution in [3.05, 3.63) is 45.5 Å². The quantitative estimate of drug-likeness (QED) is 0.867. The van der Waals surface area contributed by atoms with Crippen molar-refractivity contribution in [2.75, 3.05) is 13.1 Å². The minimum Gasteiger partial charge on any atom is -0.480 e. The molecule has 2 aromatic rings. The minimum absolute atomic E-state index is 0. The number of carboxylic acid groups (broad SMARTS) is 1. The minimum atomic E-state index is -0.896. The van der Waals surface area contributed by atoms with E-state index in [-0.39, 0.29) is 24.5 Å². The summed E-state index contributed by atoms with van der Waals surface area (Å²) in [4.78, 5) is 29.0. The van der Waals surface area contributed by atoms with E-state index in [1.807, 2.05) is 6.92 Å². The van der Waals surface area contributed by atoms with Gasteiger partial charge < -0.3 is 5.11 Å². The van der Waals surface area contributed by atoms with E-state index in [9.17, 15) is 9.59 Å². The van der Waals surface area contributed by atoms with Gasteiger partial charge in [0.1, 0.15) is 5.65 Å². The van der Waals surface area contributed by atoms with Gasteiger partial charge in [-0.25, -0.2) is 4.98 Å². The summed E-state index contributed by atoms with van der Waals surface area (Å²) in [5.74, 6) is -0.896. The fraction of sp³-hybridized carbons (Fsp3) is 0.357. The highest BCUT2D eigenvalue weighted by molar-refractivity contribution is 6.30. The van der Waals surface area contributed by atoms with Crippen LogP contribution in [0, 0.1) is 0 Å². The van der Waals surface area contributed by atoms with Crippen molar-refractivity contribution in [2.45, 2.75) is 19.9 Å². The lowest BCUT2D eigenvalue weighted by molar-refractivity contribution is -0.138. The summed E-state index contributed by atoms with van der Waals surface area (Å²) < 4.78 is 1.37. The number of aliphatic carboxylic acids is 1. The Morgan fingerprint density at radius 2 is 2.18 bits per heavy atom. The molecule has 0 aliphatic heterocycles. The van der Waals surface area contributed by atoms with Crippen LogP contribution in [0.15, 0.2) is 29.2 Å². The highest BCUT2D eigenvalue weighted by atomic mass is 35.5. The van der Waals surface area contributed by atoms with E-state index in [1.54, 1.807) is 17.0 Å². The van der Waals surface area contributed by atoms with Gasteiger partial charge in [0, 0.05) is 18.8 Å². The molecule has 1 N–H and O–H groups in total. The van der Waals surface area contributed by atoms with Crippen LogP contribution in [0.4, 0.5) is 0 Å². The van der Waals surface area contributed by atoms with E-state index in [0.29, 0.717) is 29.5 Å². The molecule has 2 aromatic heterocycles. The Morgan fingerprint density at radius 1 is 1.45 bits per heavy atom. The maximum atomic E-state index is 12.0. The molecule has 0 fully saturated rings. The molecule has 0 saturated heterocycles. The number of nitrogens with zero attached hydrogens (tertiary/aromatic N) is 3. The molecule has 0 aromatic carbocycles. The standard InChI is InChI=1S/C14H16ClN3O3.ClH/c1-2-5-17(9-14(20)21)8-11-6-13(19)18-7-10(15)3-4-12(18)16-11;/h3-4,6-7H,2,5,8-9H2,1H3,(H,20,21);1H. The first-order valence-corrected chi connectivity index (χ1v) is 6.99. The summed E-state index contributed by atoms with van der Waals surface area (Å²) in [7, 11) is 0. The first-order chi connectivity index (χ1) is 9.99. The summed E-state index contributed by atoms with van der Waals surface area (Å²) in [6.07, 6.45) is 2.34. The highest BCUT2D eigenvalue weighted by Crippen LogP contribution is 2.09. The molecule has 120 valence electrons. The Morgan fingerprint density at radius 3 is 2.82 bits per heavy atom. The summed E-state index contributed by atoms with van der Waals surface area (Å²) in [6.45, 7) is 2.86. The van der Waals surface area contributed by atoms with Gasteiger partial charge in [0.2, 0.25) is 0 Å². The average molecular weight is 346 g/mol. The largest absolute Gasteiger partial charge is 0.480 e. The molecule has 0 amide bonds. The number of carboxylic acids is 1. The zero-order chi connectivity index (χ0) is 15.4. The maximum Gasteiger partial charge on any atom is 0.317 e. The monoisotopic (exact) mass is 345 g/mol. The van der Waals surface area contributed by atoms with Crippen LogP contribution < -0.4 is 5.56 Å². The van der Waals surface area contributed by atoms with Gasteiger partial charge >= 0.3 is 5.97 Å². The molecule has 6 nitrogen and oxygen atoms in total. The fourth-order valence-electron chi connectivity index (χ4n) is 2.16. The highest BCUT2D eigenvalue weighted by Gasteiger charge is 2.11. The van der Waals surface area contributed by atoms with Crippen LogP contribution in [0.5, 0.6) is 0 Å². The summed E-state index contributed by atoms with van der Waals surface area (Å²) in [6, 6.07) is 4.73. The molecule has 0 aliphatic rings. The number of hydrogen-bond donors (Lipinski definition) is 1. The summed E-state index contributed by atoms with van der Waals surface area (Å²) in [5, 5.41) is 9.36. The van der Waals surface area contributed by atoms with Gasteiger partial charge in [0.05, 0.1) is 17.3 Å². The van der Waals surface area contributed by atoms with Crippen molar-refractivity contribution in [1.29, 1.82) is 0 Å². The molecule has 8 heteroatoms. The number of aromatic nitrogens is 2.